The first kappa shape index (κ1) is 26.7. The van der Waals surface area contributed by atoms with Crippen LogP contribution in [0.5, 0.6) is 0 Å². The molecule has 2 aromatic carbocycles. The number of aryl methyl sites for hydroxylation is 3. The van der Waals surface area contributed by atoms with Gasteiger partial charge in [0, 0.05) is 6.61 Å². The number of rotatable bonds is 15. The van der Waals surface area contributed by atoms with Gasteiger partial charge in [-0.3, -0.25) is 0 Å². The van der Waals surface area contributed by atoms with E-state index in [0.717, 1.165) is 37.9 Å². The second-order valence-electron chi connectivity index (χ2n) is 10.4. The molecule has 34 heavy (non-hydrogen) atoms. The topological polar surface area (TPSA) is 9.23 Å². The average Bonchev–Trinajstić information content (AvgIpc) is 2.88. The SMILES string of the molecule is C/C=C/C1CCC(CCCCc2ccc(CCc3ccc(COCCCCC)cc3)cc2)CC1. The molecule has 1 saturated carbocycles. The van der Waals surface area contributed by atoms with Crippen LogP contribution in [-0.2, 0) is 30.6 Å². The maximum atomic E-state index is 5.78. The molecule has 0 aromatic heterocycles. The van der Waals surface area contributed by atoms with Crippen LogP contribution in [-0.4, -0.2) is 6.61 Å². The maximum absolute atomic E-state index is 5.78. The first-order chi connectivity index (χ1) is 16.8. The van der Waals surface area contributed by atoms with Gasteiger partial charge in [0.1, 0.15) is 0 Å². The number of allylic oxidation sites excluding steroid dienone is 2. The van der Waals surface area contributed by atoms with Crippen LogP contribution in [0.15, 0.2) is 60.7 Å². The third-order valence-corrected chi connectivity index (χ3v) is 7.59. The van der Waals surface area contributed by atoms with E-state index < -0.39 is 0 Å². The minimum atomic E-state index is 0.739. The molecular formula is C33H48O. The zero-order valence-corrected chi connectivity index (χ0v) is 21.9. The molecule has 2 aromatic rings. The van der Waals surface area contributed by atoms with Crippen molar-refractivity contribution in [3.63, 3.8) is 0 Å². The monoisotopic (exact) mass is 460 g/mol. The van der Waals surface area contributed by atoms with E-state index in [0.29, 0.717) is 0 Å². The van der Waals surface area contributed by atoms with E-state index in [-0.39, 0.29) is 0 Å². The molecule has 1 fully saturated rings. The lowest BCUT2D eigenvalue weighted by Crippen LogP contribution is -2.13. The van der Waals surface area contributed by atoms with Crippen molar-refractivity contribution in [1.82, 2.24) is 0 Å². The number of benzene rings is 2. The van der Waals surface area contributed by atoms with Crippen LogP contribution in [0, 0.1) is 11.8 Å². The molecule has 1 nitrogen and oxygen atoms in total. The van der Waals surface area contributed by atoms with Gasteiger partial charge in [0.2, 0.25) is 0 Å². The van der Waals surface area contributed by atoms with Crippen LogP contribution >= 0.6 is 0 Å². The number of ether oxygens (including phenoxy) is 1. The molecule has 1 heteroatoms. The molecule has 186 valence electrons. The van der Waals surface area contributed by atoms with E-state index in [1.807, 2.05) is 0 Å². The standard InChI is InChI=1S/C33H48O/c1-3-5-8-26-34-27-33-24-22-32(23-25-33)21-20-31-18-16-30(17-19-31)11-7-6-10-29-14-12-28(9-4-2)13-15-29/h4,9,16-19,22-25,28-29H,3,5-8,10-15,20-21,26-27H2,1-2H3/b9-4+. The van der Waals surface area contributed by atoms with Crippen LogP contribution in [0.4, 0.5) is 0 Å². The lowest BCUT2D eigenvalue weighted by molar-refractivity contribution is 0.117. The number of hydrogen-bond donors (Lipinski definition) is 0. The molecule has 0 aliphatic heterocycles. The Morgan fingerprint density at radius 1 is 0.706 bits per heavy atom. The zero-order valence-electron chi connectivity index (χ0n) is 21.9. The van der Waals surface area contributed by atoms with E-state index in [9.17, 15) is 0 Å². The van der Waals surface area contributed by atoms with E-state index in [2.05, 4.69) is 74.5 Å². The number of hydrogen-bond acceptors (Lipinski definition) is 1. The molecule has 0 saturated heterocycles. The van der Waals surface area contributed by atoms with Crippen LogP contribution in [0.1, 0.15) is 100 Å². The van der Waals surface area contributed by atoms with Crippen molar-refractivity contribution >= 4 is 0 Å². The van der Waals surface area contributed by atoms with Gasteiger partial charge in [0.15, 0.2) is 0 Å². The molecular weight excluding hydrogens is 412 g/mol. The maximum Gasteiger partial charge on any atom is 0.0716 e. The molecule has 1 aliphatic rings. The van der Waals surface area contributed by atoms with E-state index >= 15 is 0 Å². The molecule has 0 radical (unpaired) electrons. The van der Waals surface area contributed by atoms with Crippen molar-refractivity contribution in [3.8, 4) is 0 Å². The smallest absolute Gasteiger partial charge is 0.0716 e. The first-order valence-electron chi connectivity index (χ1n) is 14.1. The number of unbranched alkanes of at least 4 members (excludes halogenated alkanes) is 3. The Balaban J connectivity index is 1.28. The summed E-state index contributed by atoms with van der Waals surface area (Å²) < 4.78 is 5.78. The summed E-state index contributed by atoms with van der Waals surface area (Å²) in [6.07, 6.45) is 21.7. The summed E-state index contributed by atoms with van der Waals surface area (Å²) >= 11 is 0. The zero-order chi connectivity index (χ0) is 23.8. The third-order valence-electron chi connectivity index (χ3n) is 7.59. The van der Waals surface area contributed by atoms with Crippen molar-refractivity contribution in [3.05, 3.63) is 82.9 Å². The van der Waals surface area contributed by atoms with Gasteiger partial charge in [0.05, 0.1) is 6.61 Å². The Bertz CT molecular complexity index is 793. The summed E-state index contributed by atoms with van der Waals surface area (Å²) in [7, 11) is 0. The second-order valence-corrected chi connectivity index (χ2v) is 10.4. The third kappa shape index (κ3) is 10.2. The summed E-state index contributed by atoms with van der Waals surface area (Å²) in [6, 6.07) is 18.4. The van der Waals surface area contributed by atoms with Gasteiger partial charge >= 0.3 is 0 Å². The summed E-state index contributed by atoms with van der Waals surface area (Å²) in [5.41, 5.74) is 5.65. The van der Waals surface area contributed by atoms with Gasteiger partial charge in [-0.15, -0.1) is 0 Å². The van der Waals surface area contributed by atoms with Crippen LogP contribution < -0.4 is 0 Å². The lowest BCUT2D eigenvalue weighted by Gasteiger charge is -2.26. The van der Waals surface area contributed by atoms with Gasteiger partial charge in [-0.1, -0.05) is 93.3 Å². The summed E-state index contributed by atoms with van der Waals surface area (Å²) in [6.45, 7) is 6.00. The normalized spacial score (nSPS) is 18.5. The summed E-state index contributed by atoms with van der Waals surface area (Å²) in [5, 5.41) is 0. The average molecular weight is 461 g/mol. The summed E-state index contributed by atoms with van der Waals surface area (Å²) in [4.78, 5) is 0. The Labute approximate surface area is 210 Å². The quantitative estimate of drug-likeness (QED) is 0.190. The van der Waals surface area contributed by atoms with Gasteiger partial charge in [-0.05, 0) is 98.8 Å². The minimum absolute atomic E-state index is 0.739. The molecule has 0 atom stereocenters. The molecule has 0 amide bonds. The van der Waals surface area contributed by atoms with Crippen molar-refractivity contribution in [2.24, 2.45) is 11.8 Å². The van der Waals surface area contributed by atoms with Crippen molar-refractivity contribution < 1.29 is 4.74 Å². The molecule has 0 N–H and O–H groups in total. The molecule has 0 spiro atoms. The van der Waals surface area contributed by atoms with Crippen molar-refractivity contribution in [2.45, 2.75) is 104 Å². The summed E-state index contributed by atoms with van der Waals surface area (Å²) in [5.74, 6) is 1.84. The van der Waals surface area contributed by atoms with Crippen LogP contribution in [0.2, 0.25) is 0 Å². The largest absolute Gasteiger partial charge is 0.377 e. The van der Waals surface area contributed by atoms with Crippen molar-refractivity contribution in [2.75, 3.05) is 6.61 Å². The predicted octanol–water partition coefficient (Wildman–Crippen LogP) is 9.27. The minimum Gasteiger partial charge on any atom is -0.377 e. The molecule has 1 aliphatic carbocycles. The van der Waals surface area contributed by atoms with E-state index in [1.54, 1.807) is 0 Å². The van der Waals surface area contributed by atoms with Crippen LogP contribution in [0.25, 0.3) is 0 Å². The van der Waals surface area contributed by atoms with Gasteiger partial charge in [-0.25, -0.2) is 0 Å². The second kappa shape index (κ2) is 15.9. The fourth-order valence-corrected chi connectivity index (χ4v) is 5.31. The highest BCUT2D eigenvalue weighted by Gasteiger charge is 2.18. The van der Waals surface area contributed by atoms with Crippen LogP contribution in [0.3, 0.4) is 0 Å². The molecule has 0 unspecified atom stereocenters. The first-order valence-corrected chi connectivity index (χ1v) is 14.1. The highest BCUT2D eigenvalue weighted by atomic mass is 16.5. The fourth-order valence-electron chi connectivity index (χ4n) is 5.31. The Morgan fingerprint density at radius 3 is 1.88 bits per heavy atom. The highest BCUT2D eigenvalue weighted by molar-refractivity contribution is 5.26. The molecule has 0 heterocycles. The predicted molar refractivity (Wildman–Crippen MR) is 147 cm³/mol. The Morgan fingerprint density at radius 2 is 1.29 bits per heavy atom. The lowest BCUT2D eigenvalue weighted by atomic mass is 9.79. The molecule has 3 rings (SSSR count). The van der Waals surface area contributed by atoms with E-state index in [1.165, 1.54) is 92.9 Å². The molecule has 0 bridgehead atoms. The van der Waals surface area contributed by atoms with Gasteiger partial charge in [-0.2, -0.15) is 0 Å². The van der Waals surface area contributed by atoms with Crippen molar-refractivity contribution in [1.29, 1.82) is 0 Å². The Kier molecular flexibility index (Phi) is 12.5. The fraction of sp³-hybridized carbons (Fsp3) is 0.576. The van der Waals surface area contributed by atoms with E-state index in [4.69, 9.17) is 4.74 Å². The Hall–Kier alpha value is -1.86. The highest BCUT2D eigenvalue weighted by Crippen LogP contribution is 2.32. The van der Waals surface area contributed by atoms with Gasteiger partial charge in [0.25, 0.3) is 0 Å². The van der Waals surface area contributed by atoms with Gasteiger partial charge < -0.3 is 4.74 Å².